The Bertz CT molecular complexity index is 732. The molecule has 0 saturated carbocycles. The molecule has 4 nitrogen and oxygen atoms in total. The molecule has 1 aliphatic heterocycles. The molecule has 0 spiro atoms. The van der Waals surface area contributed by atoms with Crippen LogP contribution in [0.3, 0.4) is 0 Å². The van der Waals surface area contributed by atoms with E-state index in [9.17, 15) is 4.79 Å². The van der Waals surface area contributed by atoms with Gasteiger partial charge in [-0.3, -0.25) is 9.69 Å². The Kier molecular flexibility index (Phi) is 7.49. The van der Waals surface area contributed by atoms with E-state index in [4.69, 9.17) is 4.74 Å². The van der Waals surface area contributed by atoms with Gasteiger partial charge in [-0.15, -0.1) is 0 Å². The van der Waals surface area contributed by atoms with E-state index in [0.29, 0.717) is 13.0 Å². The van der Waals surface area contributed by atoms with E-state index in [1.807, 2.05) is 24.3 Å². The highest BCUT2D eigenvalue weighted by Crippen LogP contribution is 2.19. The van der Waals surface area contributed by atoms with E-state index < -0.39 is 0 Å². The Hall–Kier alpha value is -2.33. The molecular weight excluding hydrogens is 348 g/mol. The van der Waals surface area contributed by atoms with Crippen molar-refractivity contribution >= 4 is 11.6 Å². The van der Waals surface area contributed by atoms with Gasteiger partial charge in [-0.25, -0.2) is 0 Å². The zero-order valence-electron chi connectivity index (χ0n) is 17.1. The molecular formula is C24H32N2O2. The summed E-state index contributed by atoms with van der Waals surface area (Å²) in [6, 6.07) is 16.2. The fourth-order valence-corrected chi connectivity index (χ4v) is 3.48. The molecule has 150 valence electrons. The van der Waals surface area contributed by atoms with Crippen molar-refractivity contribution in [2.45, 2.75) is 46.1 Å². The molecule has 28 heavy (non-hydrogen) atoms. The summed E-state index contributed by atoms with van der Waals surface area (Å²) < 4.78 is 5.66. The number of piperidine rings is 1. The summed E-state index contributed by atoms with van der Waals surface area (Å²) in [5.74, 6) is 1.64. The molecule has 1 amide bonds. The molecule has 0 radical (unpaired) electrons. The van der Waals surface area contributed by atoms with Crippen molar-refractivity contribution in [2.75, 3.05) is 25.0 Å². The lowest BCUT2D eigenvalue weighted by atomic mass is 9.99. The van der Waals surface area contributed by atoms with Gasteiger partial charge in [0.1, 0.15) is 5.75 Å². The maximum Gasteiger partial charge on any atom is 0.227 e. The van der Waals surface area contributed by atoms with E-state index in [0.717, 1.165) is 30.3 Å². The Morgan fingerprint density at radius 2 is 1.68 bits per heavy atom. The summed E-state index contributed by atoms with van der Waals surface area (Å²) in [7, 11) is 0. The van der Waals surface area contributed by atoms with E-state index in [-0.39, 0.29) is 5.91 Å². The number of ether oxygens (including phenoxy) is 1. The number of amides is 1. The second kappa shape index (κ2) is 10.3. The molecule has 1 fully saturated rings. The lowest BCUT2D eigenvalue weighted by Gasteiger charge is -2.30. The molecule has 2 aromatic carbocycles. The van der Waals surface area contributed by atoms with Gasteiger partial charge in [-0.1, -0.05) is 38.1 Å². The number of carbonyl (C=O) groups excluding carboxylic acids is 1. The standard InChI is InChI=1S/C24H32N2O2/c1-3-20-6-10-23(11-7-20)28-17-14-24(27)25-22-8-4-21(5-9-22)18-26-15-12-19(2)13-16-26/h4-11,19H,3,12-18H2,1-2H3,(H,25,27). The smallest absolute Gasteiger partial charge is 0.227 e. The number of hydrogen-bond acceptors (Lipinski definition) is 3. The minimum Gasteiger partial charge on any atom is -0.493 e. The summed E-state index contributed by atoms with van der Waals surface area (Å²) in [6.45, 7) is 8.19. The second-order valence-corrected chi connectivity index (χ2v) is 7.80. The number of nitrogens with one attached hydrogen (secondary N) is 1. The first-order valence-electron chi connectivity index (χ1n) is 10.4. The van der Waals surface area contributed by atoms with Gasteiger partial charge in [0, 0.05) is 12.2 Å². The third kappa shape index (κ3) is 6.38. The maximum atomic E-state index is 12.1. The van der Waals surface area contributed by atoms with E-state index in [1.54, 1.807) is 0 Å². The first-order chi connectivity index (χ1) is 13.6. The SMILES string of the molecule is CCc1ccc(OCCC(=O)Nc2ccc(CN3CCC(C)CC3)cc2)cc1. The molecule has 1 heterocycles. The number of carbonyl (C=O) groups is 1. The van der Waals surface area contributed by atoms with Gasteiger partial charge in [-0.2, -0.15) is 0 Å². The van der Waals surface area contributed by atoms with Crippen LogP contribution in [0.15, 0.2) is 48.5 Å². The van der Waals surface area contributed by atoms with Crippen LogP contribution in [0.5, 0.6) is 5.75 Å². The summed E-state index contributed by atoms with van der Waals surface area (Å²) in [5, 5.41) is 2.95. The van der Waals surface area contributed by atoms with Crippen LogP contribution in [0, 0.1) is 5.92 Å². The fraction of sp³-hybridized carbons (Fsp3) is 0.458. The zero-order chi connectivity index (χ0) is 19.8. The van der Waals surface area contributed by atoms with Crippen LogP contribution in [-0.4, -0.2) is 30.5 Å². The van der Waals surface area contributed by atoms with Crippen LogP contribution < -0.4 is 10.1 Å². The second-order valence-electron chi connectivity index (χ2n) is 7.80. The molecule has 2 aromatic rings. The average molecular weight is 381 g/mol. The monoisotopic (exact) mass is 380 g/mol. The van der Waals surface area contributed by atoms with Crippen molar-refractivity contribution in [1.29, 1.82) is 0 Å². The molecule has 0 aromatic heterocycles. The van der Waals surface area contributed by atoms with Crippen molar-refractivity contribution in [2.24, 2.45) is 5.92 Å². The van der Waals surface area contributed by atoms with Crippen molar-refractivity contribution in [3.63, 3.8) is 0 Å². The minimum absolute atomic E-state index is 0.0250. The molecule has 0 unspecified atom stereocenters. The Morgan fingerprint density at radius 3 is 2.32 bits per heavy atom. The topological polar surface area (TPSA) is 41.6 Å². The van der Waals surface area contributed by atoms with E-state index in [2.05, 4.69) is 48.3 Å². The summed E-state index contributed by atoms with van der Waals surface area (Å²) in [6.07, 6.45) is 3.93. The predicted molar refractivity (Wildman–Crippen MR) is 115 cm³/mol. The highest BCUT2D eigenvalue weighted by Gasteiger charge is 2.15. The Morgan fingerprint density at radius 1 is 1.04 bits per heavy atom. The third-order valence-electron chi connectivity index (χ3n) is 5.45. The molecule has 4 heteroatoms. The van der Waals surface area contributed by atoms with Crippen LogP contribution >= 0.6 is 0 Å². The average Bonchev–Trinajstić information content (AvgIpc) is 2.72. The summed E-state index contributed by atoms with van der Waals surface area (Å²) >= 11 is 0. The van der Waals surface area contributed by atoms with E-state index in [1.165, 1.54) is 37.1 Å². The molecule has 1 N–H and O–H groups in total. The largest absolute Gasteiger partial charge is 0.493 e. The van der Waals surface area contributed by atoms with Crippen molar-refractivity contribution < 1.29 is 9.53 Å². The molecule has 1 aliphatic rings. The van der Waals surface area contributed by atoms with Crippen molar-refractivity contribution in [3.8, 4) is 5.75 Å². The van der Waals surface area contributed by atoms with Crippen molar-refractivity contribution in [3.05, 3.63) is 59.7 Å². The van der Waals surface area contributed by atoms with Crippen LogP contribution in [-0.2, 0) is 17.8 Å². The lowest BCUT2D eigenvalue weighted by molar-refractivity contribution is -0.116. The summed E-state index contributed by atoms with van der Waals surface area (Å²) in [5.41, 5.74) is 3.42. The minimum atomic E-state index is -0.0250. The third-order valence-corrected chi connectivity index (χ3v) is 5.45. The Balaban J connectivity index is 1.38. The zero-order valence-corrected chi connectivity index (χ0v) is 17.1. The fourth-order valence-electron chi connectivity index (χ4n) is 3.48. The normalized spacial score (nSPS) is 15.4. The highest BCUT2D eigenvalue weighted by molar-refractivity contribution is 5.90. The van der Waals surface area contributed by atoms with Crippen LogP contribution in [0.25, 0.3) is 0 Å². The number of nitrogens with zero attached hydrogens (tertiary/aromatic N) is 1. The first-order valence-corrected chi connectivity index (χ1v) is 10.4. The Labute approximate surface area is 168 Å². The molecule has 0 bridgehead atoms. The van der Waals surface area contributed by atoms with Crippen LogP contribution in [0.2, 0.25) is 0 Å². The predicted octanol–water partition coefficient (Wildman–Crippen LogP) is 4.89. The number of anilines is 1. The first kappa shape index (κ1) is 20.4. The molecule has 0 atom stereocenters. The van der Waals surface area contributed by atoms with Gasteiger partial charge >= 0.3 is 0 Å². The number of aryl methyl sites for hydroxylation is 1. The van der Waals surface area contributed by atoms with E-state index >= 15 is 0 Å². The van der Waals surface area contributed by atoms with Gasteiger partial charge in [-0.05, 0) is 73.7 Å². The quantitative estimate of drug-likeness (QED) is 0.709. The van der Waals surface area contributed by atoms with Crippen LogP contribution in [0.4, 0.5) is 5.69 Å². The van der Waals surface area contributed by atoms with Gasteiger partial charge < -0.3 is 10.1 Å². The van der Waals surface area contributed by atoms with Gasteiger partial charge in [0.2, 0.25) is 5.91 Å². The lowest BCUT2D eigenvalue weighted by Crippen LogP contribution is -2.32. The molecule has 3 rings (SSSR count). The highest BCUT2D eigenvalue weighted by atomic mass is 16.5. The molecule has 1 saturated heterocycles. The van der Waals surface area contributed by atoms with Gasteiger partial charge in [0.05, 0.1) is 13.0 Å². The number of rotatable bonds is 8. The molecule has 0 aliphatic carbocycles. The van der Waals surface area contributed by atoms with Gasteiger partial charge in [0.25, 0.3) is 0 Å². The number of hydrogen-bond donors (Lipinski definition) is 1. The maximum absolute atomic E-state index is 12.1. The van der Waals surface area contributed by atoms with Gasteiger partial charge in [0.15, 0.2) is 0 Å². The van der Waals surface area contributed by atoms with Crippen LogP contribution in [0.1, 0.15) is 44.2 Å². The van der Waals surface area contributed by atoms with Crippen molar-refractivity contribution in [1.82, 2.24) is 4.90 Å². The number of benzene rings is 2. The number of likely N-dealkylation sites (tertiary alicyclic amines) is 1. The summed E-state index contributed by atoms with van der Waals surface area (Å²) in [4.78, 5) is 14.6.